The summed E-state index contributed by atoms with van der Waals surface area (Å²) >= 11 is 0. The highest BCUT2D eigenvalue weighted by Crippen LogP contribution is 2.33. The monoisotopic (exact) mass is 335 g/mol. The van der Waals surface area contributed by atoms with Crippen LogP contribution in [0.15, 0.2) is 12.4 Å². The summed E-state index contributed by atoms with van der Waals surface area (Å²) in [7, 11) is 3.95. The molecule has 2 fully saturated rings. The second kappa shape index (κ2) is 7.63. The molecule has 0 aliphatic carbocycles. The summed E-state index contributed by atoms with van der Waals surface area (Å²) in [4.78, 5) is 12.9. The molecule has 3 rings (SSSR count). The predicted octanol–water partition coefficient (Wildman–Crippen LogP) is 1.22. The van der Waals surface area contributed by atoms with Crippen molar-refractivity contribution in [2.24, 2.45) is 0 Å². The SMILES string of the molecule is CCN1CCOC[C@@]2(CC[C@H](CNc3cc(N(C)C)ncn3)O2)C1. The summed E-state index contributed by atoms with van der Waals surface area (Å²) in [6.07, 6.45) is 3.90. The van der Waals surface area contributed by atoms with Crippen molar-refractivity contribution in [2.75, 3.05) is 63.7 Å². The van der Waals surface area contributed by atoms with Crippen molar-refractivity contribution in [1.82, 2.24) is 14.9 Å². The number of ether oxygens (including phenoxy) is 2. The molecule has 1 aromatic rings. The topological polar surface area (TPSA) is 62.8 Å². The molecule has 2 atom stereocenters. The number of rotatable bonds is 5. The highest BCUT2D eigenvalue weighted by molar-refractivity contribution is 5.47. The first kappa shape index (κ1) is 17.4. The Morgan fingerprint density at radius 2 is 2.29 bits per heavy atom. The summed E-state index contributed by atoms with van der Waals surface area (Å²) in [5.74, 6) is 1.73. The average molecular weight is 335 g/mol. The Bertz CT molecular complexity index is 541. The second-order valence-electron chi connectivity index (χ2n) is 6.92. The standard InChI is InChI=1S/C17H29N5O2/c1-4-22-7-8-23-12-17(11-22)6-5-14(24-17)10-18-15-9-16(21(2)3)20-13-19-15/h9,13-14H,4-8,10-12H2,1-3H3,(H,18,19,20)/t14-,17-/m1/s1. The molecule has 0 unspecified atom stereocenters. The fourth-order valence-corrected chi connectivity index (χ4v) is 3.42. The number of hydrogen-bond acceptors (Lipinski definition) is 7. The van der Waals surface area contributed by atoms with Gasteiger partial charge in [-0.25, -0.2) is 9.97 Å². The van der Waals surface area contributed by atoms with Crippen LogP contribution in [0.4, 0.5) is 11.6 Å². The van der Waals surface area contributed by atoms with Crippen molar-refractivity contribution in [3.05, 3.63) is 12.4 Å². The van der Waals surface area contributed by atoms with Gasteiger partial charge in [0.25, 0.3) is 0 Å². The van der Waals surface area contributed by atoms with Crippen molar-refractivity contribution in [2.45, 2.75) is 31.5 Å². The van der Waals surface area contributed by atoms with Gasteiger partial charge in [0.15, 0.2) is 0 Å². The van der Waals surface area contributed by atoms with Gasteiger partial charge < -0.3 is 19.7 Å². The largest absolute Gasteiger partial charge is 0.377 e. The molecular formula is C17H29N5O2. The van der Waals surface area contributed by atoms with Crippen LogP contribution in [0.2, 0.25) is 0 Å². The van der Waals surface area contributed by atoms with Gasteiger partial charge in [0.05, 0.1) is 19.3 Å². The summed E-state index contributed by atoms with van der Waals surface area (Å²) in [6, 6.07) is 1.96. The lowest BCUT2D eigenvalue weighted by atomic mass is 10.00. The lowest BCUT2D eigenvalue weighted by Crippen LogP contribution is -2.44. The van der Waals surface area contributed by atoms with E-state index in [0.29, 0.717) is 6.61 Å². The molecule has 2 saturated heterocycles. The van der Waals surface area contributed by atoms with Gasteiger partial charge in [-0.1, -0.05) is 6.92 Å². The van der Waals surface area contributed by atoms with Gasteiger partial charge in [-0.3, -0.25) is 4.90 Å². The molecule has 0 radical (unpaired) electrons. The highest BCUT2D eigenvalue weighted by Gasteiger charge is 2.42. The van der Waals surface area contributed by atoms with Crippen LogP contribution in [0.3, 0.4) is 0 Å². The van der Waals surface area contributed by atoms with E-state index in [4.69, 9.17) is 9.47 Å². The molecule has 0 saturated carbocycles. The quantitative estimate of drug-likeness (QED) is 0.868. The summed E-state index contributed by atoms with van der Waals surface area (Å²) in [6.45, 7) is 7.49. The molecular weight excluding hydrogens is 306 g/mol. The second-order valence-corrected chi connectivity index (χ2v) is 6.92. The van der Waals surface area contributed by atoms with Crippen molar-refractivity contribution < 1.29 is 9.47 Å². The van der Waals surface area contributed by atoms with E-state index < -0.39 is 0 Å². The van der Waals surface area contributed by atoms with E-state index in [0.717, 1.165) is 57.3 Å². The molecule has 134 valence electrons. The Morgan fingerprint density at radius 1 is 1.42 bits per heavy atom. The first-order valence-electron chi connectivity index (χ1n) is 8.81. The number of nitrogens with one attached hydrogen (secondary N) is 1. The maximum Gasteiger partial charge on any atom is 0.133 e. The Labute approximate surface area is 144 Å². The molecule has 7 nitrogen and oxygen atoms in total. The van der Waals surface area contributed by atoms with Crippen molar-refractivity contribution in [3.63, 3.8) is 0 Å². The fourth-order valence-electron chi connectivity index (χ4n) is 3.42. The number of nitrogens with zero attached hydrogens (tertiary/aromatic N) is 4. The zero-order valence-electron chi connectivity index (χ0n) is 15.0. The summed E-state index contributed by atoms with van der Waals surface area (Å²) < 4.78 is 12.2. The van der Waals surface area contributed by atoms with Crippen LogP contribution in [0, 0.1) is 0 Å². The Kier molecular flexibility index (Phi) is 5.53. The molecule has 1 N–H and O–H groups in total. The van der Waals surface area contributed by atoms with Crippen LogP contribution in [0.5, 0.6) is 0 Å². The average Bonchev–Trinajstić information content (AvgIpc) is 2.87. The van der Waals surface area contributed by atoms with Gasteiger partial charge in [-0.2, -0.15) is 0 Å². The third kappa shape index (κ3) is 4.15. The van der Waals surface area contributed by atoms with Gasteiger partial charge in [0, 0.05) is 39.8 Å². The predicted molar refractivity (Wildman–Crippen MR) is 94.6 cm³/mol. The van der Waals surface area contributed by atoms with Crippen molar-refractivity contribution >= 4 is 11.6 Å². The van der Waals surface area contributed by atoms with Crippen LogP contribution in [-0.4, -0.2) is 80.1 Å². The van der Waals surface area contributed by atoms with Gasteiger partial charge in [0.1, 0.15) is 23.6 Å². The Balaban J connectivity index is 1.55. The zero-order chi connectivity index (χ0) is 17.0. The number of anilines is 2. The molecule has 2 aliphatic rings. The van der Waals surface area contributed by atoms with E-state index in [9.17, 15) is 0 Å². The molecule has 1 spiro atoms. The normalized spacial score (nSPS) is 28.0. The van der Waals surface area contributed by atoms with Crippen LogP contribution in [0.1, 0.15) is 19.8 Å². The van der Waals surface area contributed by atoms with Gasteiger partial charge >= 0.3 is 0 Å². The van der Waals surface area contributed by atoms with Crippen LogP contribution >= 0.6 is 0 Å². The van der Waals surface area contributed by atoms with E-state index in [1.54, 1.807) is 6.33 Å². The minimum atomic E-state index is -0.140. The number of aromatic nitrogens is 2. The molecule has 7 heteroatoms. The maximum absolute atomic E-state index is 6.42. The smallest absolute Gasteiger partial charge is 0.133 e. The van der Waals surface area contributed by atoms with Crippen LogP contribution in [0.25, 0.3) is 0 Å². The Hall–Kier alpha value is -1.44. The van der Waals surface area contributed by atoms with Crippen molar-refractivity contribution in [1.29, 1.82) is 0 Å². The first-order valence-corrected chi connectivity index (χ1v) is 8.81. The molecule has 24 heavy (non-hydrogen) atoms. The third-order valence-electron chi connectivity index (χ3n) is 4.84. The van der Waals surface area contributed by atoms with E-state index in [1.165, 1.54) is 0 Å². The van der Waals surface area contributed by atoms with Crippen LogP contribution < -0.4 is 10.2 Å². The molecule has 1 aromatic heterocycles. The fraction of sp³-hybridized carbons (Fsp3) is 0.765. The van der Waals surface area contributed by atoms with E-state index in [-0.39, 0.29) is 11.7 Å². The molecule has 0 aromatic carbocycles. The molecule has 0 amide bonds. The first-order chi connectivity index (χ1) is 11.6. The number of likely N-dealkylation sites (N-methyl/N-ethyl adjacent to an activating group) is 1. The van der Waals surface area contributed by atoms with Gasteiger partial charge in [0.2, 0.25) is 0 Å². The van der Waals surface area contributed by atoms with E-state index in [1.807, 2.05) is 25.1 Å². The van der Waals surface area contributed by atoms with Gasteiger partial charge in [-0.05, 0) is 19.4 Å². The number of hydrogen-bond donors (Lipinski definition) is 1. The third-order valence-corrected chi connectivity index (χ3v) is 4.84. The van der Waals surface area contributed by atoms with E-state index >= 15 is 0 Å². The lowest BCUT2D eigenvalue weighted by Gasteiger charge is -2.31. The Morgan fingerprint density at radius 3 is 3.08 bits per heavy atom. The molecule has 3 heterocycles. The molecule has 0 bridgehead atoms. The zero-order valence-corrected chi connectivity index (χ0v) is 15.0. The van der Waals surface area contributed by atoms with Crippen LogP contribution in [-0.2, 0) is 9.47 Å². The van der Waals surface area contributed by atoms with Gasteiger partial charge in [-0.15, -0.1) is 0 Å². The maximum atomic E-state index is 6.42. The lowest BCUT2D eigenvalue weighted by molar-refractivity contribution is -0.0818. The minimum absolute atomic E-state index is 0.140. The summed E-state index contributed by atoms with van der Waals surface area (Å²) in [5.41, 5.74) is -0.140. The summed E-state index contributed by atoms with van der Waals surface area (Å²) in [5, 5.41) is 3.39. The van der Waals surface area contributed by atoms with Crippen molar-refractivity contribution in [3.8, 4) is 0 Å². The molecule has 2 aliphatic heterocycles. The van der Waals surface area contributed by atoms with E-state index in [2.05, 4.69) is 27.1 Å². The minimum Gasteiger partial charge on any atom is -0.377 e. The highest BCUT2D eigenvalue weighted by atomic mass is 16.6.